The van der Waals surface area contributed by atoms with Gasteiger partial charge < -0.3 is 10.4 Å². The van der Waals surface area contributed by atoms with Crippen molar-refractivity contribution in [2.75, 3.05) is 19.0 Å². The summed E-state index contributed by atoms with van der Waals surface area (Å²) in [4.78, 5) is 10.5. The highest BCUT2D eigenvalue weighted by molar-refractivity contribution is 7.98. The molecule has 0 spiro atoms. The molecule has 0 aliphatic carbocycles. The van der Waals surface area contributed by atoms with Crippen molar-refractivity contribution in [2.45, 2.75) is 12.5 Å². The van der Waals surface area contributed by atoms with Crippen LogP contribution in [0.25, 0.3) is 0 Å². The van der Waals surface area contributed by atoms with Crippen molar-refractivity contribution in [3.8, 4) is 0 Å². The molecule has 2 N–H and O–H groups in total. The van der Waals surface area contributed by atoms with Crippen LogP contribution in [0.1, 0.15) is 9.16 Å². The average Bonchev–Trinajstić information content (AvgIpc) is 1.96. The molecule has 0 heterocycles. The van der Waals surface area contributed by atoms with Crippen LogP contribution in [0.15, 0.2) is 0 Å². The van der Waals surface area contributed by atoms with Gasteiger partial charge in [-0.05, 0) is 25.4 Å². The summed E-state index contributed by atoms with van der Waals surface area (Å²) in [5.41, 5.74) is 0. The zero-order chi connectivity index (χ0) is 9.56. The van der Waals surface area contributed by atoms with Gasteiger partial charge in [0.1, 0.15) is 6.04 Å². The molecular weight excluding hydrogens is 151 g/mol. The maximum absolute atomic E-state index is 10.5. The van der Waals surface area contributed by atoms with Crippen LogP contribution in [-0.2, 0) is 4.79 Å². The third kappa shape index (κ3) is 3.74. The van der Waals surface area contributed by atoms with Crippen LogP contribution in [0.3, 0.4) is 0 Å². The second kappa shape index (κ2) is 5.56. The number of carbonyl (C=O) groups is 1. The Morgan fingerprint density at radius 1 is 2.00 bits per heavy atom. The maximum atomic E-state index is 10.5. The van der Waals surface area contributed by atoms with Crippen molar-refractivity contribution in [1.82, 2.24) is 5.32 Å². The normalized spacial score (nSPS) is 16.2. The first-order chi connectivity index (χ1) is 5.57. The molecule has 0 aromatic rings. The SMILES string of the molecule is [2H][13CH]([2H])N[C@@H](CCSC)C(=O)O. The van der Waals surface area contributed by atoms with E-state index < -0.39 is 19.0 Å². The number of hydrogen-bond donors (Lipinski definition) is 2. The van der Waals surface area contributed by atoms with Gasteiger partial charge >= 0.3 is 5.97 Å². The van der Waals surface area contributed by atoms with E-state index in [1.807, 2.05) is 6.26 Å². The standard InChI is InChI=1S/C6H13NO2S/c1-7-5(6(8)9)3-4-10-2/h5,7H,3-4H2,1-2H3,(H,8,9)/t5-/m0/s1/i1+1D2. The molecule has 0 aromatic carbocycles. The molecule has 0 amide bonds. The van der Waals surface area contributed by atoms with Gasteiger partial charge in [-0.15, -0.1) is 0 Å². The van der Waals surface area contributed by atoms with Crippen molar-refractivity contribution in [3.63, 3.8) is 0 Å². The molecular formula is C6H13NO2S. The van der Waals surface area contributed by atoms with Crippen LogP contribution in [0.2, 0.25) is 0 Å². The van der Waals surface area contributed by atoms with Gasteiger partial charge in [-0.3, -0.25) is 4.79 Å². The van der Waals surface area contributed by atoms with E-state index in [0.29, 0.717) is 6.42 Å². The van der Waals surface area contributed by atoms with Crippen molar-refractivity contribution >= 4 is 17.7 Å². The molecule has 0 saturated carbocycles. The molecule has 3 nitrogen and oxygen atoms in total. The Kier molecular flexibility index (Phi) is 3.60. The van der Waals surface area contributed by atoms with E-state index in [1.54, 1.807) is 11.8 Å². The van der Waals surface area contributed by atoms with E-state index in [1.165, 1.54) is 0 Å². The Morgan fingerprint density at radius 3 is 3.10 bits per heavy atom. The molecule has 0 unspecified atom stereocenters. The number of hydrogen-bond acceptors (Lipinski definition) is 3. The number of thioether (sulfide) groups is 1. The molecule has 0 aliphatic rings. The fraction of sp³-hybridized carbons (Fsp3) is 0.833. The van der Waals surface area contributed by atoms with Gasteiger partial charge in [-0.25, -0.2) is 0 Å². The first-order valence-corrected chi connectivity index (χ1v) is 4.29. The number of nitrogens with one attached hydrogen (secondary N) is 1. The van der Waals surface area contributed by atoms with Crippen molar-refractivity contribution in [3.05, 3.63) is 0 Å². The number of carboxylic acids is 1. The maximum Gasteiger partial charge on any atom is 0.320 e. The summed E-state index contributed by atoms with van der Waals surface area (Å²) in [6.45, 7) is -1.27. The highest BCUT2D eigenvalue weighted by atomic mass is 32.2. The van der Waals surface area contributed by atoms with Crippen LogP contribution >= 0.6 is 11.8 Å². The lowest BCUT2D eigenvalue weighted by Gasteiger charge is -2.08. The topological polar surface area (TPSA) is 49.3 Å². The van der Waals surface area contributed by atoms with Gasteiger partial charge in [-0.2, -0.15) is 11.8 Å². The molecule has 4 heteroatoms. The predicted octanol–water partition coefficient (Wildman–Crippen LogP) is 0.412. The Bertz CT molecular complexity index is 146. The molecule has 0 fully saturated rings. The number of rotatable bonds is 5. The van der Waals surface area contributed by atoms with E-state index in [0.717, 1.165) is 5.75 Å². The van der Waals surface area contributed by atoms with Gasteiger partial charge in [0.25, 0.3) is 0 Å². The highest BCUT2D eigenvalue weighted by Crippen LogP contribution is 1.99. The minimum absolute atomic E-state index is 0.449. The van der Waals surface area contributed by atoms with Crippen LogP contribution < -0.4 is 5.32 Å². The second-order valence-corrected chi connectivity index (χ2v) is 2.82. The number of likely N-dealkylation sites (N-methyl/N-ethyl adjacent to an activating group) is 1. The Hall–Kier alpha value is -0.220. The Labute approximate surface area is 68.0 Å². The van der Waals surface area contributed by atoms with Crippen molar-refractivity contribution in [1.29, 1.82) is 0 Å². The van der Waals surface area contributed by atoms with Gasteiger partial charge in [0.15, 0.2) is 0 Å². The van der Waals surface area contributed by atoms with Gasteiger partial charge in [0, 0.05) is 2.74 Å². The van der Waals surface area contributed by atoms with E-state index >= 15 is 0 Å². The molecule has 0 bridgehead atoms. The molecule has 0 rings (SSSR count). The molecule has 0 aromatic heterocycles. The van der Waals surface area contributed by atoms with Crippen LogP contribution in [-0.4, -0.2) is 36.1 Å². The molecule has 0 radical (unpaired) electrons. The van der Waals surface area contributed by atoms with Crippen LogP contribution in [0.5, 0.6) is 0 Å². The lowest BCUT2D eigenvalue weighted by molar-refractivity contribution is -0.139. The Balaban J connectivity index is 3.78. The van der Waals surface area contributed by atoms with Gasteiger partial charge in [0.2, 0.25) is 0 Å². The second-order valence-electron chi connectivity index (χ2n) is 1.84. The van der Waals surface area contributed by atoms with E-state index in [-0.39, 0.29) is 0 Å². The van der Waals surface area contributed by atoms with Crippen molar-refractivity contribution < 1.29 is 12.6 Å². The lowest BCUT2D eigenvalue weighted by atomic mass is 10.2. The average molecular weight is 166 g/mol. The predicted molar refractivity (Wildman–Crippen MR) is 43.5 cm³/mol. The largest absolute Gasteiger partial charge is 0.480 e. The summed E-state index contributed by atoms with van der Waals surface area (Å²) in [5.74, 6) is -0.273. The quantitative estimate of drug-likeness (QED) is 0.581. The fourth-order valence-electron chi connectivity index (χ4n) is 0.514. The third-order valence-electron chi connectivity index (χ3n) is 1.11. The minimum Gasteiger partial charge on any atom is -0.480 e. The first-order valence-electron chi connectivity index (χ1n) is 4.05. The summed E-state index contributed by atoms with van der Waals surface area (Å²) >= 11 is 1.55. The molecule has 0 aliphatic heterocycles. The summed E-state index contributed by atoms with van der Waals surface area (Å²) < 4.78 is 13.6. The Morgan fingerprint density at radius 2 is 2.70 bits per heavy atom. The third-order valence-corrected chi connectivity index (χ3v) is 1.75. The van der Waals surface area contributed by atoms with E-state index in [4.69, 9.17) is 7.85 Å². The van der Waals surface area contributed by atoms with Crippen molar-refractivity contribution in [2.24, 2.45) is 0 Å². The summed E-state index contributed by atoms with van der Waals surface area (Å²) in [6, 6.07) is -0.766. The number of carboxylic acid groups (broad SMARTS) is 1. The van der Waals surface area contributed by atoms with Crippen LogP contribution in [0.4, 0.5) is 0 Å². The van der Waals surface area contributed by atoms with E-state index in [2.05, 4.69) is 5.32 Å². The highest BCUT2D eigenvalue weighted by Gasteiger charge is 2.12. The molecule has 0 saturated heterocycles. The zero-order valence-electron chi connectivity index (χ0n) is 7.83. The van der Waals surface area contributed by atoms with E-state index in [9.17, 15) is 4.79 Å². The summed E-state index contributed by atoms with van der Waals surface area (Å²) in [6.07, 6.45) is 2.34. The monoisotopic (exact) mass is 166 g/mol. The molecule has 60 valence electrons. The summed E-state index contributed by atoms with van der Waals surface area (Å²) in [7, 11) is 0. The number of aliphatic carboxylic acids is 1. The molecule has 1 atom stereocenters. The summed E-state index contributed by atoms with van der Waals surface area (Å²) in [5, 5.41) is 10.9. The smallest absolute Gasteiger partial charge is 0.320 e. The minimum atomic E-state index is -1.27. The first kappa shape index (κ1) is 6.49. The van der Waals surface area contributed by atoms with Gasteiger partial charge in [-0.1, -0.05) is 0 Å². The fourth-order valence-corrected chi connectivity index (χ4v) is 0.985. The molecule has 10 heavy (non-hydrogen) atoms. The van der Waals surface area contributed by atoms with Gasteiger partial charge in [0.05, 0.1) is 0 Å². The lowest BCUT2D eigenvalue weighted by Crippen LogP contribution is -2.34. The zero-order valence-corrected chi connectivity index (χ0v) is 6.65. The van der Waals surface area contributed by atoms with Crippen LogP contribution in [0, 0.1) is 0 Å².